The molecule has 40 heavy (non-hydrogen) atoms. The van der Waals surface area contributed by atoms with Crippen LogP contribution in [0, 0.1) is 6.92 Å². The quantitative estimate of drug-likeness (QED) is 0.255. The fourth-order valence-corrected chi connectivity index (χ4v) is 4.71. The van der Waals surface area contributed by atoms with Gasteiger partial charge in [-0.05, 0) is 50.2 Å². The van der Waals surface area contributed by atoms with E-state index in [1.54, 1.807) is 55.2 Å². The molecular weight excluding hydrogens is 515 g/mol. The van der Waals surface area contributed by atoms with Gasteiger partial charge in [0.05, 0.1) is 46.7 Å². The largest absolute Gasteiger partial charge is 0.436 e. The summed E-state index contributed by atoms with van der Waals surface area (Å²) in [5.41, 5.74) is 4.35. The lowest BCUT2D eigenvalue weighted by Gasteiger charge is -2.37. The van der Waals surface area contributed by atoms with Crippen molar-refractivity contribution in [3.63, 3.8) is 0 Å². The zero-order chi connectivity index (χ0) is 27.8. The summed E-state index contributed by atoms with van der Waals surface area (Å²) in [4.78, 5) is 19.3. The van der Waals surface area contributed by atoms with Crippen molar-refractivity contribution in [1.29, 1.82) is 0 Å². The Bertz CT molecular complexity index is 1690. The summed E-state index contributed by atoms with van der Waals surface area (Å²) in [6, 6.07) is 12.5. The van der Waals surface area contributed by atoms with Gasteiger partial charge in [-0.3, -0.25) is 9.69 Å². The predicted molar refractivity (Wildman–Crippen MR) is 143 cm³/mol. The summed E-state index contributed by atoms with van der Waals surface area (Å²) in [6.45, 7) is 5.06. The first-order chi connectivity index (χ1) is 19.4. The van der Waals surface area contributed by atoms with Gasteiger partial charge >= 0.3 is 0 Å². The molecule has 0 amide bonds. The second kappa shape index (κ2) is 10.5. The molecule has 0 aromatic carbocycles. The molecule has 6 rings (SSSR count). The van der Waals surface area contributed by atoms with Gasteiger partial charge in [0.2, 0.25) is 5.88 Å². The Hall–Kier alpha value is -4.55. The van der Waals surface area contributed by atoms with Crippen LogP contribution in [0.1, 0.15) is 34.4 Å². The van der Waals surface area contributed by atoms with E-state index in [2.05, 4.69) is 25.3 Å². The van der Waals surface area contributed by atoms with Gasteiger partial charge in [-0.25, -0.2) is 18.6 Å². The minimum absolute atomic E-state index is 0.163. The number of fused-ring (bicyclic) bond motifs is 1. The molecule has 0 radical (unpaired) electrons. The summed E-state index contributed by atoms with van der Waals surface area (Å²) >= 11 is 0. The Morgan fingerprint density at radius 3 is 2.65 bits per heavy atom. The number of hydrogen-bond donors (Lipinski definition) is 0. The molecule has 5 aromatic heterocycles. The summed E-state index contributed by atoms with van der Waals surface area (Å²) in [5.74, 6) is 1.10. The molecule has 204 valence electrons. The Kier molecular flexibility index (Phi) is 6.78. The van der Waals surface area contributed by atoms with Crippen LogP contribution in [-0.2, 0) is 18.0 Å². The number of methoxy groups -OCH3 is 1. The van der Waals surface area contributed by atoms with Crippen molar-refractivity contribution in [3.05, 3.63) is 77.5 Å². The zero-order valence-electron chi connectivity index (χ0n) is 22.3. The molecule has 6 heterocycles. The number of likely N-dealkylation sites (tertiary alicyclic amines) is 1. The fourth-order valence-electron chi connectivity index (χ4n) is 4.71. The molecule has 1 fully saturated rings. The van der Waals surface area contributed by atoms with Crippen molar-refractivity contribution >= 4 is 11.3 Å². The van der Waals surface area contributed by atoms with Crippen LogP contribution in [0.3, 0.4) is 0 Å². The second-order valence-corrected chi connectivity index (χ2v) is 9.72. The average molecular weight is 543 g/mol. The number of alkyl halides is 1. The minimum atomic E-state index is -0.703. The maximum absolute atomic E-state index is 13.2. The van der Waals surface area contributed by atoms with Crippen molar-refractivity contribution < 1.29 is 18.7 Å². The third kappa shape index (κ3) is 4.94. The van der Waals surface area contributed by atoms with Crippen LogP contribution in [0.4, 0.5) is 4.39 Å². The van der Waals surface area contributed by atoms with Gasteiger partial charge in [-0.15, -0.1) is 5.10 Å². The monoisotopic (exact) mass is 542 g/mol. The number of carbonyl (C=O) groups excluding carboxylic acids is 1. The molecule has 5 aromatic rings. The molecule has 0 saturated carbocycles. The molecule has 1 aliphatic rings. The van der Waals surface area contributed by atoms with Crippen molar-refractivity contribution in [1.82, 2.24) is 39.5 Å². The molecule has 0 bridgehead atoms. The van der Waals surface area contributed by atoms with E-state index in [4.69, 9.17) is 14.5 Å². The number of halogens is 1. The first kappa shape index (κ1) is 25.7. The van der Waals surface area contributed by atoms with E-state index in [0.29, 0.717) is 40.5 Å². The molecule has 0 aliphatic carbocycles. The van der Waals surface area contributed by atoms with Crippen LogP contribution >= 0.6 is 0 Å². The standard InChI is InChI=1S/C28H27FN8O3/c1-17-10-20(11-29)34-37(17)28-23(18(2)38)6-7-25(31-28)24-12-30-36-16-21(5-8-26(24)36)40-27-9-4-19(32-33-27)13-35-14-22(15-35)39-3/h4-10,12,16,22H,11,13-15H2,1-3H3. The summed E-state index contributed by atoms with van der Waals surface area (Å²) in [5, 5.41) is 17.2. The Morgan fingerprint density at radius 2 is 1.95 bits per heavy atom. The van der Waals surface area contributed by atoms with Crippen LogP contribution in [0.2, 0.25) is 0 Å². The number of aryl methyl sites for hydroxylation is 1. The highest BCUT2D eigenvalue weighted by Gasteiger charge is 2.26. The molecule has 1 saturated heterocycles. The van der Waals surface area contributed by atoms with E-state index in [0.717, 1.165) is 36.4 Å². The molecule has 1 aliphatic heterocycles. The smallest absolute Gasteiger partial charge is 0.238 e. The van der Waals surface area contributed by atoms with Gasteiger partial charge in [-0.2, -0.15) is 15.3 Å². The van der Waals surface area contributed by atoms with Crippen molar-refractivity contribution in [2.45, 2.75) is 33.2 Å². The summed E-state index contributed by atoms with van der Waals surface area (Å²) in [6.07, 6.45) is 3.73. The normalized spacial score (nSPS) is 14.0. The highest BCUT2D eigenvalue weighted by molar-refractivity contribution is 5.97. The number of Topliss-reactive ketones (excluding diaryl/α,β-unsaturated/α-hetero) is 1. The van der Waals surface area contributed by atoms with Gasteiger partial charge in [0.1, 0.15) is 12.4 Å². The molecular formula is C28H27FN8O3. The molecule has 11 nitrogen and oxygen atoms in total. The van der Waals surface area contributed by atoms with E-state index in [-0.39, 0.29) is 11.5 Å². The maximum Gasteiger partial charge on any atom is 0.238 e. The number of rotatable bonds is 9. The third-order valence-electron chi connectivity index (χ3n) is 6.86. The van der Waals surface area contributed by atoms with Gasteiger partial charge in [0.15, 0.2) is 11.6 Å². The van der Waals surface area contributed by atoms with Gasteiger partial charge in [0, 0.05) is 44.1 Å². The number of ketones is 1. The van der Waals surface area contributed by atoms with Crippen molar-refractivity contribution in [3.8, 4) is 28.7 Å². The molecule has 0 atom stereocenters. The SMILES string of the molecule is COC1CN(Cc2ccc(Oc3ccc4c(-c5ccc(C(C)=O)c(-n6nc(CF)cc6C)n5)cnn4c3)nn2)C1. The number of pyridine rings is 2. The fraction of sp³-hybridized carbons (Fsp3) is 0.286. The Balaban J connectivity index is 1.23. The van der Waals surface area contributed by atoms with Gasteiger partial charge < -0.3 is 9.47 Å². The van der Waals surface area contributed by atoms with Crippen molar-refractivity contribution in [2.24, 2.45) is 0 Å². The van der Waals surface area contributed by atoms with E-state index in [1.807, 2.05) is 18.2 Å². The maximum atomic E-state index is 13.2. The molecule has 0 unspecified atom stereocenters. The lowest BCUT2D eigenvalue weighted by molar-refractivity contribution is -0.0340. The van der Waals surface area contributed by atoms with Crippen LogP contribution < -0.4 is 4.74 Å². The number of aromatic nitrogens is 7. The van der Waals surface area contributed by atoms with E-state index in [1.165, 1.54) is 11.6 Å². The first-order valence-electron chi connectivity index (χ1n) is 12.8. The van der Waals surface area contributed by atoms with Crippen LogP contribution in [0.25, 0.3) is 22.6 Å². The van der Waals surface area contributed by atoms with E-state index in [9.17, 15) is 9.18 Å². The molecule has 0 N–H and O–H groups in total. The number of carbonyl (C=O) groups is 1. The minimum Gasteiger partial charge on any atom is -0.436 e. The lowest BCUT2D eigenvalue weighted by Crippen LogP contribution is -2.51. The number of hydrogen-bond acceptors (Lipinski definition) is 9. The summed E-state index contributed by atoms with van der Waals surface area (Å²) in [7, 11) is 1.73. The van der Waals surface area contributed by atoms with E-state index >= 15 is 0 Å². The second-order valence-electron chi connectivity index (χ2n) is 9.72. The number of nitrogens with zero attached hydrogens (tertiary/aromatic N) is 8. The Morgan fingerprint density at radius 1 is 1.10 bits per heavy atom. The highest BCUT2D eigenvalue weighted by Crippen LogP contribution is 2.28. The van der Waals surface area contributed by atoms with Gasteiger partial charge in [0.25, 0.3) is 0 Å². The Labute approximate surface area is 229 Å². The average Bonchev–Trinajstić information content (AvgIpc) is 3.53. The lowest BCUT2D eigenvalue weighted by atomic mass is 10.1. The topological polar surface area (TPSA) is 113 Å². The number of ether oxygens (including phenoxy) is 2. The first-order valence-corrected chi connectivity index (χ1v) is 12.8. The summed E-state index contributed by atoms with van der Waals surface area (Å²) < 4.78 is 27.7. The highest BCUT2D eigenvalue weighted by atomic mass is 19.1. The van der Waals surface area contributed by atoms with Crippen LogP contribution in [0.15, 0.2) is 54.9 Å². The third-order valence-corrected chi connectivity index (χ3v) is 6.86. The van der Waals surface area contributed by atoms with Crippen LogP contribution in [0.5, 0.6) is 11.6 Å². The van der Waals surface area contributed by atoms with Crippen molar-refractivity contribution in [2.75, 3.05) is 20.2 Å². The molecule has 0 spiro atoms. The van der Waals surface area contributed by atoms with E-state index < -0.39 is 6.67 Å². The van der Waals surface area contributed by atoms with Crippen LogP contribution in [-0.4, -0.2) is 71.6 Å². The van der Waals surface area contributed by atoms with Gasteiger partial charge in [-0.1, -0.05) is 0 Å². The predicted octanol–water partition coefficient (Wildman–Crippen LogP) is 3.98. The molecule has 12 heteroatoms. The zero-order valence-corrected chi connectivity index (χ0v) is 22.3.